The number of aromatic carboxylic acids is 1. The maximum absolute atomic E-state index is 14.1. The van der Waals surface area contributed by atoms with Gasteiger partial charge in [-0.3, -0.25) is 0 Å². The van der Waals surface area contributed by atoms with Crippen molar-refractivity contribution in [1.82, 2.24) is 5.16 Å². The second kappa shape index (κ2) is 4.46. The lowest BCUT2D eigenvalue weighted by Crippen LogP contribution is -2.13. The Morgan fingerprint density at radius 2 is 2.11 bits per heavy atom. The quantitative estimate of drug-likeness (QED) is 0.925. The Morgan fingerprint density at radius 1 is 1.42 bits per heavy atom. The highest BCUT2D eigenvalue weighted by molar-refractivity contribution is 5.86. The molecule has 1 heterocycles. The van der Waals surface area contributed by atoms with Crippen molar-refractivity contribution in [3.8, 4) is 11.3 Å². The molecule has 6 heteroatoms. The second-order valence-electron chi connectivity index (χ2n) is 4.52. The number of carboxylic acid groups (broad SMARTS) is 1. The molecule has 1 aromatic heterocycles. The van der Waals surface area contributed by atoms with Gasteiger partial charge in [0.15, 0.2) is 11.5 Å². The van der Waals surface area contributed by atoms with Gasteiger partial charge in [0.1, 0.15) is 11.5 Å². The Hall–Kier alpha value is -2.24. The van der Waals surface area contributed by atoms with Crippen molar-refractivity contribution < 1.29 is 23.2 Å². The van der Waals surface area contributed by atoms with Gasteiger partial charge < -0.3 is 9.63 Å². The van der Waals surface area contributed by atoms with E-state index in [1.54, 1.807) is 0 Å². The predicted molar refractivity (Wildman–Crippen MR) is 63.0 cm³/mol. The van der Waals surface area contributed by atoms with E-state index in [9.17, 15) is 13.6 Å². The molecular formula is C13H11F2NO3. The lowest BCUT2D eigenvalue weighted by molar-refractivity contribution is 0.0685. The van der Waals surface area contributed by atoms with Crippen LogP contribution in [0.15, 0.2) is 28.8 Å². The van der Waals surface area contributed by atoms with Gasteiger partial charge in [-0.15, -0.1) is 0 Å². The molecule has 0 amide bonds. The van der Waals surface area contributed by atoms with Gasteiger partial charge in [-0.25, -0.2) is 13.6 Å². The normalized spacial score (nSPS) is 11.6. The number of alkyl halides is 1. The average Bonchev–Trinajstić information content (AvgIpc) is 2.75. The molecule has 2 aromatic rings. The molecule has 0 aliphatic rings. The van der Waals surface area contributed by atoms with Crippen LogP contribution in [0, 0.1) is 5.82 Å². The molecule has 4 nitrogen and oxygen atoms in total. The number of aromatic nitrogens is 1. The summed E-state index contributed by atoms with van der Waals surface area (Å²) in [4.78, 5) is 10.7. The number of halogens is 2. The number of hydrogen-bond acceptors (Lipinski definition) is 3. The molecule has 0 spiro atoms. The van der Waals surface area contributed by atoms with E-state index in [1.165, 1.54) is 26.0 Å². The largest absolute Gasteiger partial charge is 0.476 e. The van der Waals surface area contributed by atoms with Crippen LogP contribution in [0.5, 0.6) is 0 Å². The lowest BCUT2D eigenvalue weighted by Gasteiger charge is -2.18. The van der Waals surface area contributed by atoms with Gasteiger partial charge in [-0.05, 0) is 19.9 Å². The molecule has 1 aromatic carbocycles. The van der Waals surface area contributed by atoms with E-state index in [2.05, 4.69) is 5.16 Å². The van der Waals surface area contributed by atoms with Crippen LogP contribution in [0.3, 0.4) is 0 Å². The summed E-state index contributed by atoms with van der Waals surface area (Å²) in [5.41, 5.74) is -2.30. The van der Waals surface area contributed by atoms with Crippen LogP contribution in [0.2, 0.25) is 0 Å². The van der Waals surface area contributed by atoms with Crippen LogP contribution >= 0.6 is 0 Å². The van der Waals surface area contributed by atoms with Gasteiger partial charge >= 0.3 is 5.97 Å². The fourth-order valence-corrected chi connectivity index (χ4v) is 1.84. The third-order valence-corrected chi connectivity index (χ3v) is 2.60. The first kappa shape index (κ1) is 13.2. The number of carbonyl (C=O) groups is 1. The molecule has 0 fully saturated rings. The maximum atomic E-state index is 14.1. The van der Waals surface area contributed by atoms with Crippen LogP contribution in [0.1, 0.15) is 29.9 Å². The zero-order chi connectivity index (χ0) is 14.2. The maximum Gasteiger partial charge on any atom is 0.358 e. The van der Waals surface area contributed by atoms with E-state index in [-0.39, 0.29) is 22.6 Å². The zero-order valence-electron chi connectivity index (χ0n) is 10.3. The Bertz CT molecular complexity index is 629. The van der Waals surface area contributed by atoms with E-state index < -0.39 is 17.5 Å². The molecular weight excluding hydrogens is 256 g/mol. The number of rotatable bonds is 3. The molecule has 0 aliphatic carbocycles. The number of nitrogens with zero attached hydrogens (tertiary/aromatic N) is 1. The van der Waals surface area contributed by atoms with Gasteiger partial charge in [0.2, 0.25) is 0 Å². The average molecular weight is 267 g/mol. The number of carboxylic acids is 1. The van der Waals surface area contributed by atoms with Gasteiger partial charge in [0.05, 0.1) is 0 Å². The first-order valence-electron chi connectivity index (χ1n) is 5.49. The van der Waals surface area contributed by atoms with Crippen molar-refractivity contribution in [2.75, 3.05) is 0 Å². The Labute approximate surface area is 107 Å². The van der Waals surface area contributed by atoms with E-state index in [1.807, 2.05) is 0 Å². The summed E-state index contributed by atoms with van der Waals surface area (Å²) in [6.45, 7) is 2.42. The van der Waals surface area contributed by atoms with Crippen molar-refractivity contribution >= 4 is 5.97 Å². The van der Waals surface area contributed by atoms with Crippen molar-refractivity contribution in [2.24, 2.45) is 0 Å². The Morgan fingerprint density at radius 3 is 2.63 bits per heavy atom. The van der Waals surface area contributed by atoms with Crippen molar-refractivity contribution in [2.45, 2.75) is 19.5 Å². The highest BCUT2D eigenvalue weighted by Gasteiger charge is 2.28. The standard InChI is InChI=1S/C13H11F2NO3/c1-13(2,15)11-7(4-3-5-8(11)14)10-6-9(12(17)18)16-19-10/h3-6H,1-2H3,(H,17,18). The molecule has 0 unspecified atom stereocenters. The molecule has 19 heavy (non-hydrogen) atoms. The molecule has 2 rings (SSSR count). The molecule has 0 radical (unpaired) electrons. The number of hydrogen-bond donors (Lipinski definition) is 1. The fraction of sp³-hybridized carbons (Fsp3) is 0.231. The molecule has 1 N–H and O–H groups in total. The third-order valence-electron chi connectivity index (χ3n) is 2.60. The summed E-state index contributed by atoms with van der Waals surface area (Å²) >= 11 is 0. The smallest absolute Gasteiger partial charge is 0.358 e. The summed E-state index contributed by atoms with van der Waals surface area (Å²) < 4.78 is 32.7. The van der Waals surface area contributed by atoms with Crippen LogP contribution in [0.4, 0.5) is 8.78 Å². The molecule has 0 saturated heterocycles. The van der Waals surface area contributed by atoms with Crippen molar-refractivity contribution in [3.63, 3.8) is 0 Å². The second-order valence-corrected chi connectivity index (χ2v) is 4.52. The van der Waals surface area contributed by atoms with E-state index in [0.29, 0.717) is 0 Å². The van der Waals surface area contributed by atoms with Crippen molar-refractivity contribution in [3.05, 3.63) is 41.3 Å². The summed E-state index contributed by atoms with van der Waals surface area (Å²) in [6, 6.07) is 5.11. The Kier molecular flexibility index (Phi) is 3.09. The highest BCUT2D eigenvalue weighted by atomic mass is 19.1. The first-order valence-corrected chi connectivity index (χ1v) is 5.49. The SMILES string of the molecule is CC(C)(F)c1c(F)cccc1-c1cc(C(=O)O)no1. The minimum atomic E-state index is -1.93. The van der Waals surface area contributed by atoms with Crippen LogP contribution in [-0.2, 0) is 5.67 Å². The van der Waals surface area contributed by atoms with E-state index in [0.717, 1.165) is 12.1 Å². The monoisotopic (exact) mass is 267 g/mol. The summed E-state index contributed by atoms with van der Waals surface area (Å²) in [5.74, 6) is -1.98. The summed E-state index contributed by atoms with van der Waals surface area (Å²) in [5, 5.41) is 12.1. The summed E-state index contributed by atoms with van der Waals surface area (Å²) in [6.07, 6.45) is 0. The minimum absolute atomic E-state index is 0.0117. The fourth-order valence-electron chi connectivity index (χ4n) is 1.84. The van der Waals surface area contributed by atoms with Crippen LogP contribution in [0.25, 0.3) is 11.3 Å². The molecule has 100 valence electrons. The van der Waals surface area contributed by atoms with Gasteiger partial charge in [-0.2, -0.15) is 0 Å². The highest BCUT2D eigenvalue weighted by Crippen LogP contribution is 2.36. The Balaban J connectivity index is 2.62. The van der Waals surface area contributed by atoms with Crippen LogP contribution < -0.4 is 0 Å². The first-order chi connectivity index (χ1) is 8.80. The number of benzene rings is 1. The van der Waals surface area contributed by atoms with E-state index >= 15 is 0 Å². The lowest BCUT2D eigenvalue weighted by atomic mass is 9.92. The van der Waals surface area contributed by atoms with Gasteiger partial charge in [-0.1, -0.05) is 17.3 Å². The third kappa shape index (κ3) is 2.47. The minimum Gasteiger partial charge on any atom is -0.476 e. The molecule has 0 bridgehead atoms. The molecule has 0 atom stereocenters. The van der Waals surface area contributed by atoms with Gasteiger partial charge in [0, 0.05) is 17.2 Å². The van der Waals surface area contributed by atoms with Crippen LogP contribution in [-0.4, -0.2) is 16.2 Å². The molecule has 0 aliphatic heterocycles. The van der Waals surface area contributed by atoms with Crippen molar-refractivity contribution in [1.29, 1.82) is 0 Å². The summed E-state index contributed by atoms with van der Waals surface area (Å²) in [7, 11) is 0. The topological polar surface area (TPSA) is 63.3 Å². The molecule has 0 saturated carbocycles. The zero-order valence-corrected chi connectivity index (χ0v) is 10.3. The predicted octanol–water partition coefficient (Wildman–Crippen LogP) is 3.38. The van der Waals surface area contributed by atoms with Gasteiger partial charge in [0.25, 0.3) is 0 Å². The van der Waals surface area contributed by atoms with E-state index in [4.69, 9.17) is 9.63 Å².